The molecule has 2 fully saturated rings. The van der Waals surface area contributed by atoms with E-state index in [2.05, 4.69) is 16.7 Å². The molecule has 0 radical (unpaired) electrons. The van der Waals surface area contributed by atoms with E-state index in [1.54, 1.807) is 0 Å². The Balaban J connectivity index is 1.69. The van der Waals surface area contributed by atoms with Crippen LogP contribution >= 0.6 is 23.2 Å². The Labute approximate surface area is 130 Å². The van der Waals surface area contributed by atoms with Gasteiger partial charge in [-0.25, -0.2) is 0 Å². The van der Waals surface area contributed by atoms with Crippen LogP contribution in [-0.2, 0) is 6.54 Å². The maximum atomic E-state index is 9.80. The summed E-state index contributed by atoms with van der Waals surface area (Å²) in [5, 5.41) is 11.0. The summed E-state index contributed by atoms with van der Waals surface area (Å²) in [6.07, 6.45) is 0.738. The zero-order valence-electron chi connectivity index (χ0n) is 11.6. The fourth-order valence-electron chi connectivity index (χ4n) is 3.37. The molecule has 3 atom stereocenters. The molecule has 2 saturated heterocycles. The lowest BCUT2D eigenvalue weighted by Crippen LogP contribution is -2.54. The third kappa shape index (κ3) is 2.97. The molecule has 1 aromatic carbocycles. The number of aliphatic hydroxyl groups excluding tert-OH is 1. The maximum Gasteiger partial charge on any atom is 0.0682 e. The van der Waals surface area contributed by atoms with Gasteiger partial charge in [0.2, 0.25) is 0 Å². The highest BCUT2D eigenvalue weighted by atomic mass is 35.5. The summed E-state index contributed by atoms with van der Waals surface area (Å²) in [7, 11) is 0. The second-order valence-corrected chi connectivity index (χ2v) is 6.84. The Morgan fingerprint density at radius 1 is 1.20 bits per heavy atom. The van der Waals surface area contributed by atoms with Crippen molar-refractivity contribution < 1.29 is 5.11 Å². The summed E-state index contributed by atoms with van der Waals surface area (Å²) in [5.74, 6) is 0. The molecule has 1 N–H and O–H groups in total. The maximum absolute atomic E-state index is 9.80. The van der Waals surface area contributed by atoms with Gasteiger partial charge in [0.15, 0.2) is 0 Å². The summed E-state index contributed by atoms with van der Waals surface area (Å²) < 4.78 is 0. The molecule has 0 saturated carbocycles. The summed E-state index contributed by atoms with van der Waals surface area (Å²) in [6, 6.07) is 6.83. The van der Waals surface area contributed by atoms with E-state index in [-0.39, 0.29) is 6.10 Å². The first-order valence-electron chi connectivity index (χ1n) is 7.13. The molecule has 0 aliphatic carbocycles. The van der Waals surface area contributed by atoms with Crippen LogP contribution in [0.3, 0.4) is 0 Å². The molecule has 0 unspecified atom stereocenters. The van der Waals surface area contributed by atoms with Gasteiger partial charge < -0.3 is 5.11 Å². The second-order valence-electron chi connectivity index (χ2n) is 6.02. The molecule has 110 valence electrons. The quantitative estimate of drug-likeness (QED) is 0.909. The smallest absolute Gasteiger partial charge is 0.0682 e. The van der Waals surface area contributed by atoms with Crippen molar-refractivity contribution in [2.75, 3.05) is 19.6 Å². The van der Waals surface area contributed by atoms with Gasteiger partial charge in [0, 0.05) is 38.3 Å². The van der Waals surface area contributed by atoms with E-state index < -0.39 is 0 Å². The first-order valence-corrected chi connectivity index (χ1v) is 7.88. The number of halogens is 2. The minimum absolute atomic E-state index is 0.155. The molecule has 0 amide bonds. The van der Waals surface area contributed by atoms with Crippen LogP contribution < -0.4 is 0 Å². The van der Waals surface area contributed by atoms with Gasteiger partial charge in [-0.1, -0.05) is 29.3 Å². The third-order valence-corrected chi connectivity index (χ3v) is 5.18. The number of hydrogen-bond acceptors (Lipinski definition) is 3. The number of piperazine rings is 1. The molecule has 5 heteroatoms. The summed E-state index contributed by atoms with van der Waals surface area (Å²) in [4.78, 5) is 4.89. The first kappa shape index (κ1) is 14.6. The van der Waals surface area contributed by atoms with Gasteiger partial charge in [-0.05, 0) is 31.0 Å². The van der Waals surface area contributed by atoms with Crippen molar-refractivity contribution in [2.24, 2.45) is 0 Å². The molecule has 2 heterocycles. The van der Waals surface area contributed by atoms with Gasteiger partial charge >= 0.3 is 0 Å². The number of benzene rings is 1. The van der Waals surface area contributed by atoms with Crippen LogP contribution in [0.4, 0.5) is 0 Å². The highest BCUT2D eigenvalue weighted by molar-refractivity contribution is 6.42. The molecule has 3 rings (SSSR count). The standard InChI is InChI=1S/C15H20Cl2N2O/c1-10-6-19-9-13(20)5-12(19)8-18(10)7-11-2-3-14(16)15(17)4-11/h2-4,10,12-13,20H,5-9H2,1H3/t10-,12+,13-/m1/s1. The lowest BCUT2D eigenvalue weighted by molar-refractivity contribution is 0.0528. The fourth-order valence-corrected chi connectivity index (χ4v) is 3.69. The minimum atomic E-state index is -0.155. The molecule has 2 aliphatic rings. The van der Waals surface area contributed by atoms with Gasteiger partial charge in [0.05, 0.1) is 16.1 Å². The second kappa shape index (κ2) is 5.82. The van der Waals surface area contributed by atoms with Crippen LogP contribution in [0, 0.1) is 0 Å². The molecule has 20 heavy (non-hydrogen) atoms. The largest absolute Gasteiger partial charge is 0.392 e. The third-order valence-electron chi connectivity index (χ3n) is 4.44. The average molecular weight is 315 g/mol. The van der Waals surface area contributed by atoms with E-state index >= 15 is 0 Å². The number of rotatable bonds is 2. The Kier molecular flexibility index (Phi) is 4.25. The summed E-state index contributed by atoms with van der Waals surface area (Å²) in [6.45, 7) is 6.01. The van der Waals surface area contributed by atoms with Crippen molar-refractivity contribution in [1.29, 1.82) is 0 Å². The first-order chi connectivity index (χ1) is 9.52. The molecule has 2 aliphatic heterocycles. The molecule has 0 spiro atoms. The SMILES string of the molecule is C[C@@H]1CN2C[C@H](O)C[C@H]2CN1Cc1ccc(Cl)c(Cl)c1. The molecular weight excluding hydrogens is 295 g/mol. The van der Waals surface area contributed by atoms with Crippen molar-refractivity contribution in [3.05, 3.63) is 33.8 Å². The van der Waals surface area contributed by atoms with E-state index in [9.17, 15) is 5.11 Å². The van der Waals surface area contributed by atoms with Crippen molar-refractivity contribution in [3.63, 3.8) is 0 Å². The van der Waals surface area contributed by atoms with Gasteiger partial charge in [-0.2, -0.15) is 0 Å². The highest BCUT2D eigenvalue weighted by Crippen LogP contribution is 2.28. The fraction of sp³-hybridized carbons (Fsp3) is 0.600. The van der Waals surface area contributed by atoms with Crippen LogP contribution in [0.5, 0.6) is 0 Å². The lowest BCUT2D eigenvalue weighted by atomic mass is 10.1. The minimum Gasteiger partial charge on any atom is -0.392 e. The Morgan fingerprint density at radius 2 is 2.00 bits per heavy atom. The van der Waals surface area contributed by atoms with Gasteiger partial charge in [-0.15, -0.1) is 0 Å². The Bertz CT molecular complexity index is 497. The molecule has 0 bridgehead atoms. The zero-order chi connectivity index (χ0) is 14.3. The van der Waals surface area contributed by atoms with E-state index in [0.717, 1.165) is 32.6 Å². The summed E-state index contributed by atoms with van der Waals surface area (Å²) >= 11 is 12.0. The number of aliphatic hydroxyl groups is 1. The van der Waals surface area contributed by atoms with Gasteiger partial charge in [0.25, 0.3) is 0 Å². The number of nitrogens with zero attached hydrogens (tertiary/aromatic N) is 2. The monoisotopic (exact) mass is 314 g/mol. The predicted molar refractivity (Wildman–Crippen MR) is 82.3 cm³/mol. The zero-order valence-corrected chi connectivity index (χ0v) is 13.1. The van der Waals surface area contributed by atoms with Crippen LogP contribution in [-0.4, -0.2) is 52.7 Å². The topological polar surface area (TPSA) is 26.7 Å². The molecule has 3 nitrogen and oxygen atoms in total. The normalized spacial score (nSPS) is 31.5. The van der Waals surface area contributed by atoms with Crippen molar-refractivity contribution in [3.8, 4) is 0 Å². The van der Waals surface area contributed by atoms with Crippen LogP contribution in [0.15, 0.2) is 18.2 Å². The van der Waals surface area contributed by atoms with Crippen molar-refractivity contribution >= 4 is 23.2 Å². The molecule has 0 aromatic heterocycles. The Hall–Kier alpha value is -0.320. The summed E-state index contributed by atoms with van der Waals surface area (Å²) in [5.41, 5.74) is 1.19. The van der Waals surface area contributed by atoms with Crippen LogP contribution in [0.25, 0.3) is 0 Å². The van der Waals surface area contributed by atoms with E-state index in [1.807, 2.05) is 18.2 Å². The van der Waals surface area contributed by atoms with E-state index in [1.165, 1.54) is 5.56 Å². The Morgan fingerprint density at radius 3 is 2.75 bits per heavy atom. The van der Waals surface area contributed by atoms with Gasteiger partial charge in [0.1, 0.15) is 0 Å². The van der Waals surface area contributed by atoms with Crippen molar-refractivity contribution in [2.45, 2.75) is 38.1 Å². The average Bonchev–Trinajstić information content (AvgIpc) is 2.73. The number of fused-ring (bicyclic) bond motifs is 1. The molecular formula is C15H20Cl2N2O. The van der Waals surface area contributed by atoms with E-state index in [4.69, 9.17) is 23.2 Å². The highest BCUT2D eigenvalue weighted by Gasteiger charge is 2.37. The van der Waals surface area contributed by atoms with Crippen LogP contribution in [0.2, 0.25) is 10.0 Å². The van der Waals surface area contributed by atoms with Gasteiger partial charge in [-0.3, -0.25) is 9.80 Å². The van der Waals surface area contributed by atoms with Crippen molar-refractivity contribution in [1.82, 2.24) is 9.80 Å². The predicted octanol–water partition coefficient (Wildman–Crippen LogP) is 2.63. The molecule has 1 aromatic rings. The van der Waals surface area contributed by atoms with E-state index in [0.29, 0.717) is 22.1 Å². The lowest BCUT2D eigenvalue weighted by Gasteiger charge is -2.42. The van der Waals surface area contributed by atoms with Crippen LogP contribution in [0.1, 0.15) is 18.9 Å². The number of hydrogen-bond donors (Lipinski definition) is 1.